The maximum Gasteiger partial charge on any atom is 0.130 e. The highest BCUT2D eigenvalue weighted by molar-refractivity contribution is 6.30. The van der Waals surface area contributed by atoms with Crippen LogP contribution in [0.4, 0.5) is 5.82 Å². The van der Waals surface area contributed by atoms with Gasteiger partial charge in [0.15, 0.2) is 0 Å². The Bertz CT molecular complexity index is 907. The molecule has 0 bridgehead atoms. The van der Waals surface area contributed by atoms with E-state index in [4.69, 9.17) is 11.6 Å². The second kappa shape index (κ2) is 6.85. The van der Waals surface area contributed by atoms with Gasteiger partial charge in [0.2, 0.25) is 0 Å². The predicted octanol–water partition coefficient (Wildman–Crippen LogP) is 5.59. The van der Waals surface area contributed by atoms with E-state index in [2.05, 4.69) is 39.6 Å². The lowest BCUT2D eigenvalue weighted by molar-refractivity contribution is 0.598. The lowest BCUT2D eigenvalue weighted by Gasteiger charge is -2.27. The normalized spacial score (nSPS) is 16.3. The van der Waals surface area contributed by atoms with Crippen LogP contribution in [0.1, 0.15) is 35.8 Å². The second-order valence-corrected chi connectivity index (χ2v) is 6.92. The number of hydrogen-bond donors (Lipinski definition) is 1. The summed E-state index contributed by atoms with van der Waals surface area (Å²) in [6.45, 7) is 1.92. The summed E-state index contributed by atoms with van der Waals surface area (Å²) < 4.78 is 0. The van der Waals surface area contributed by atoms with Crippen molar-refractivity contribution in [2.45, 2.75) is 32.2 Å². The summed E-state index contributed by atoms with van der Waals surface area (Å²) in [6, 6.07) is 18.8. The van der Waals surface area contributed by atoms with Gasteiger partial charge in [0.05, 0.1) is 11.7 Å². The fraction of sp³-hybridized carbons (Fsp3) is 0.238. The zero-order valence-electron chi connectivity index (χ0n) is 14.2. The monoisotopic (exact) mass is 349 g/mol. The van der Waals surface area contributed by atoms with Crippen LogP contribution in [-0.4, -0.2) is 9.97 Å². The third-order valence-corrected chi connectivity index (χ3v) is 4.88. The van der Waals surface area contributed by atoms with E-state index >= 15 is 0 Å². The third kappa shape index (κ3) is 3.52. The second-order valence-electron chi connectivity index (χ2n) is 6.48. The van der Waals surface area contributed by atoms with Crippen LogP contribution in [0.25, 0.3) is 11.3 Å². The maximum absolute atomic E-state index is 6.13. The molecule has 126 valence electrons. The number of halogens is 1. The number of nitrogens with one attached hydrogen (secondary N) is 1. The molecule has 4 heteroatoms. The number of fused-ring (bicyclic) bond motifs is 1. The van der Waals surface area contributed by atoms with Crippen molar-refractivity contribution in [2.24, 2.45) is 0 Å². The fourth-order valence-corrected chi connectivity index (χ4v) is 3.71. The molecule has 25 heavy (non-hydrogen) atoms. The molecule has 0 unspecified atom stereocenters. The van der Waals surface area contributed by atoms with Gasteiger partial charge in [-0.2, -0.15) is 0 Å². The van der Waals surface area contributed by atoms with E-state index in [0.29, 0.717) is 11.1 Å². The molecule has 0 fully saturated rings. The van der Waals surface area contributed by atoms with Gasteiger partial charge < -0.3 is 5.32 Å². The van der Waals surface area contributed by atoms with Crippen LogP contribution in [0.5, 0.6) is 0 Å². The van der Waals surface area contributed by atoms with E-state index in [0.717, 1.165) is 35.7 Å². The van der Waals surface area contributed by atoms with Crippen molar-refractivity contribution >= 4 is 17.4 Å². The quantitative estimate of drug-likeness (QED) is 0.669. The van der Waals surface area contributed by atoms with Gasteiger partial charge in [0.1, 0.15) is 11.6 Å². The van der Waals surface area contributed by atoms with Crippen LogP contribution in [0, 0.1) is 6.92 Å². The number of benzene rings is 2. The number of anilines is 1. The number of aryl methyl sites for hydroxylation is 2. The first-order valence-electron chi connectivity index (χ1n) is 8.65. The Morgan fingerprint density at radius 3 is 2.80 bits per heavy atom. The minimum atomic E-state index is 0.298. The van der Waals surface area contributed by atoms with E-state index in [1.54, 1.807) is 0 Å². The minimum absolute atomic E-state index is 0.298. The molecular formula is C21H20ClN3. The van der Waals surface area contributed by atoms with Crippen molar-refractivity contribution in [3.05, 3.63) is 76.6 Å². The van der Waals surface area contributed by atoms with Crippen molar-refractivity contribution in [1.29, 1.82) is 0 Å². The molecule has 0 radical (unpaired) electrons. The molecule has 0 spiro atoms. The van der Waals surface area contributed by atoms with Crippen LogP contribution < -0.4 is 5.32 Å². The fourth-order valence-electron chi connectivity index (χ4n) is 3.52. The Morgan fingerprint density at radius 1 is 1.04 bits per heavy atom. The van der Waals surface area contributed by atoms with Gasteiger partial charge >= 0.3 is 0 Å². The Morgan fingerprint density at radius 2 is 1.92 bits per heavy atom. The average molecular weight is 350 g/mol. The Kier molecular flexibility index (Phi) is 4.41. The van der Waals surface area contributed by atoms with Crippen molar-refractivity contribution in [2.75, 3.05) is 5.32 Å². The molecule has 0 aliphatic heterocycles. The van der Waals surface area contributed by atoms with Crippen molar-refractivity contribution in [1.82, 2.24) is 9.97 Å². The first-order valence-corrected chi connectivity index (χ1v) is 9.03. The first-order chi connectivity index (χ1) is 12.2. The minimum Gasteiger partial charge on any atom is -0.363 e. The average Bonchev–Trinajstić information content (AvgIpc) is 2.62. The highest BCUT2D eigenvalue weighted by atomic mass is 35.5. The molecule has 0 amide bonds. The summed E-state index contributed by atoms with van der Waals surface area (Å²) in [7, 11) is 0. The molecule has 3 nitrogen and oxygen atoms in total. The van der Waals surface area contributed by atoms with E-state index in [9.17, 15) is 0 Å². The molecule has 1 N–H and O–H groups in total. The van der Waals surface area contributed by atoms with Gasteiger partial charge in [-0.05, 0) is 49.4 Å². The summed E-state index contributed by atoms with van der Waals surface area (Å²) in [4.78, 5) is 9.17. The van der Waals surface area contributed by atoms with Gasteiger partial charge in [0.25, 0.3) is 0 Å². The molecule has 1 atom stereocenters. The van der Waals surface area contributed by atoms with Gasteiger partial charge in [-0.15, -0.1) is 0 Å². The van der Waals surface area contributed by atoms with Gasteiger partial charge in [-0.3, -0.25) is 0 Å². The van der Waals surface area contributed by atoms with Crippen LogP contribution in [0.15, 0.2) is 54.6 Å². The SMILES string of the molecule is Cc1nc(N[C@@H]2CCCc3ccccc32)cc(-c2cccc(Cl)c2)n1. The van der Waals surface area contributed by atoms with E-state index in [1.807, 2.05) is 37.3 Å². The van der Waals surface area contributed by atoms with E-state index < -0.39 is 0 Å². The number of hydrogen-bond acceptors (Lipinski definition) is 3. The molecular weight excluding hydrogens is 330 g/mol. The zero-order chi connectivity index (χ0) is 17.2. The van der Waals surface area contributed by atoms with Gasteiger partial charge in [-0.1, -0.05) is 48.0 Å². The van der Waals surface area contributed by atoms with E-state index in [1.165, 1.54) is 17.5 Å². The lowest BCUT2D eigenvalue weighted by atomic mass is 9.88. The summed E-state index contributed by atoms with van der Waals surface area (Å²) in [5.41, 5.74) is 4.72. The van der Waals surface area contributed by atoms with E-state index in [-0.39, 0.29) is 0 Å². The molecule has 2 aromatic carbocycles. The van der Waals surface area contributed by atoms with Gasteiger partial charge in [0, 0.05) is 16.7 Å². The topological polar surface area (TPSA) is 37.8 Å². The molecule has 1 heterocycles. The molecule has 0 saturated carbocycles. The molecule has 1 aromatic heterocycles. The van der Waals surface area contributed by atoms with Crippen LogP contribution in [0.2, 0.25) is 5.02 Å². The maximum atomic E-state index is 6.13. The lowest BCUT2D eigenvalue weighted by Crippen LogP contribution is -2.18. The summed E-state index contributed by atoms with van der Waals surface area (Å²) in [6.07, 6.45) is 3.47. The van der Waals surface area contributed by atoms with Crippen LogP contribution >= 0.6 is 11.6 Å². The van der Waals surface area contributed by atoms with Crippen LogP contribution in [-0.2, 0) is 6.42 Å². The largest absolute Gasteiger partial charge is 0.363 e. The number of aromatic nitrogens is 2. The van der Waals surface area contributed by atoms with Crippen molar-refractivity contribution in [3.63, 3.8) is 0 Å². The smallest absolute Gasteiger partial charge is 0.130 e. The summed E-state index contributed by atoms with van der Waals surface area (Å²) in [5, 5.41) is 4.33. The van der Waals surface area contributed by atoms with Gasteiger partial charge in [-0.25, -0.2) is 9.97 Å². The van der Waals surface area contributed by atoms with Crippen molar-refractivity contribution < 1.29 is 0 Å². The molecule has 1 aliphatic carbocycles. The Labute approximate surface area is 153 Å². The van der Waals surface area contributed by atoms with Crippen LogP contribution in [0.3, 0.4) is 0 Å². The predicted molar refractivity (Wildman–Crippen MR) is 103 cm³/mol. The highest BCUT2D eigenvalue weighted by Crippen LogP contribution is 2.32. The number of nitrogens with zero attached hydrogens (tertiary/aromatic N) is 2. The summed E-state index contributed by atoms with van der Waals surface area (Å²) >= 11 is 6.13. The Hall–Kier alpha value is -2.39. The molecule has 4 rings (SSSR count). The van der Waals surface area contributed by atoms with Crippen molar-refractivity contribution in [3.8, 4) is 11.3 Å². The molecule has 1 aliphatic rings. The Balaban J connectivity index is 1.66. The standard InChI is InChI=1S/C21H20ClN3/c1-14-23-20(16-8-4-9-17(22)12-16)13-21(24-14)25-19-11-5-7-15-6-2-3-10-18(15)19/h2-4,6,8-10,12-13,19H,5,7,11H2,1H3,(H,23,24,25)/t19-/m1/s1. The number of rotatable bonds is 3. The molecule has 0 saturated heterocycles. The first kappa shape index (κ1) is 16.1. The third-order valence-electron chi connectivity index (χ3n) is 4.65. The highest BCUT2D eigenvalue weighted by Gasteiger charge is 2.20. The zero-order valence-corrected chi connectivity index (χ0v) is 14.9. The summed E-state index contributed by atoms with van der Waals surface area (Å²) in [5.74, 6) is 1.62. The molecule has 3 aromatic rings.